The van der Waals surface area contributed by atoms with Crippen molar-refractivity contribution in [3.05, 3.63) is 70.7 Å². The summed E-state index contributed by atoms with van der Waals surface area (Å²) in [5.41, 5.74) is -3.69. The standard InChI is InChI=1S/C19H9ClF6N4O2/c20-10-4-3-9(18(21,22)23)6-11(10)28-17(31)13-8-16-27-12(14-2-1-5-32-14)7-15(19(24,25)26)30(16)29-13/h1-8H,(H,28,31). The van der Waals surface area contributed by atoms with Crippen LogP contribution in [0.2, 0.25) is 5.02 Å². The van der Waals surface area contributed by atoms with E-state index in [1.165, 1.54) is 18.4 Å². The zero-order chi connectivity index (χ0) is 23.3. The van der Waals surface area contributed by atoms with E-state index in [-0.39, 0.29) is 27.8 Å². The van der Waals surface area contributed by atoms with Gasteiger partial charge in [0.2, 0.25) is 0 Å². The van der Waals surface area contributed by atoms with E-state index in [4.69, 9.17) is 16.0 Å². The minimum absolute atomic E-state index is 0.0564. The smallest absolute Gasteiger partial charge is 0.433 e. The van der Waals surface area contributed by atoms with Crippen molar-refractivity contribution >= 4 is 28.8 Å². The van der Waals surface area contributed by atoms with E-state index in [1.54, 1.807) is 0 Å². The van der Waals surface area contributed by atoms with Gasteiger partial charge >= 0.3 is 12.4 Å². The Labute approximate surface area is 179 Å². The maximum absolute atomic E-state index is 13.6. The van der Waals surface area contributed by atoms with Crippen LogP contribution in [0.25, 0.3) is 17.1 Å². The number of carbonyl (C=O) groups excluding carboxylic acids is 1. The van der Waals surface area contributed by atoms with Crippen LogP contribution in [0.3, 0.4) is 0 Å². The fraction of sp³-hybridized carbons (Fsp3) is 0.105. The van der Waals surface area contributed by atoms with Crippen LogP contribution in [0.4, 0.5) is 32.0 Å². The highest BCUT2D eigenvalue weighted by Crippen LogP contribution is 2.35. The number of nitrogens with one attached hydrogen (secondary N) is 1. The van der Waals surface area contributed by atoms with E-state index in [0.29, 0.717) is 16.6 Å². The van der Waals surface area contributed by atoms with Gasteiger partial charge in [-0.05, 0) is 36.4 Å². The molecule has 0 atom stereocenters. The molecule has 0 aliphatic carbocycles. The number of halogens is 7. The van der Waals surface area contributed by atoms with E-state index in [0.717, 1.165) is 18.2 Å². The molecule has 6 nitrogen and oxygen atoms in total. The largest absolute Gasteiger partial charge is 0.463 e. The molecule has 0 bridgehead atoms. The molecular formula is C19H9ClF6N4O2. The van der Waals surface area contributed by atoms with Crippen molar-refractivity contribution in [1.29, 1.82) is 0 Å². The van der Waals surface area contributed by atoms with Gasteiger partial charge in [0.05, 0.1) is 22.5 Å². The molecule has 1 aromatic carbocycles. The quantitative estimate of drug-likeness (QED) is 0.373. The van der Waals surface area contributed by atoms with E-state index in [9.17, 15) is 31.1 Å². The van der Waals surface area contributed by atoms with Gasteiger partial charge in [0.1, 0.15) is 5.69 Å². The summed E-state index contributed by atoms with van der Waals surface area (Å²) in [6.07, 6.45) is -8.30. The van der Waals surface area contributed by atoms with Crippen LogP contribution in [0.5, 0.6) is 0 Å². The first-order valence-electron chi connectivity index (χ1n) is 8.63. The monoisotopic (exact) mass is 474 g/mol. The molecule has 0 spiro atoms. The van der Waals surface area contributed by atoms with Crippen LogP contribution in [0, 0.1) is 0 Å². The number of hydrogen-bond acceptors (Lipinski definition) is 4. The van der Waals surface area contributed by atoms with E-state index in [2.05, 4.69) is 15.4 Å². The van der Waals surface area contributed by atoms with Crippen molar-refractivity contribution in [1.82, 2.24) is 14.6 Å². The molecule has 3 aromatic heterocycles. The van der Waals surface area contributed by atoms with Gasteiger partial charge in [-0.1, -0.05) is 11.6 Å². The maximum Gasteiger partial charge on any atom is 0.433 e. The molecule has 3 heterocycles. The molecule has 0 radical (unpaired) electrons. The molecule has 0 saturated heterocycles. The first-order valence-corrected chi connectivity index (χ1v) is 9.01. The Bertz CT molecular complexity index is 1310. The fourth-order valence-corrected chi connectivity index (χ4v) is 2.99. The van der Waals surface area contributed by atoms with Gasteiger partial charge in [0, 0.05) is 6.07 Å². The number of fused-ring (bicyclic) bond motifs is 1. The van der Waals surface area contributed by atoms with Crippen LogP contribution in [0.15, 0.2) is 53.1 Å². The Balaban J connectivity index is 1.75. The zero-order valence-corrected chi connectivity index (χ0v) is 16.2. The molecule has 4 aromatic rings. The predicted octanol–water partition coefficient (Wildman–Crippen LogP) is 5.93. The van der Waals surface area contributed by atoms with Gasteiger partial charge in [-0.25, -0.2) is 9.50 Å². The number of anilines is 1. The van der Waals surface area contributed by atoms with Crippen LogP contribution in [0.1, 0.15) is 21.7 Å². The van der Waals surface area contributed by atoms with Crippen molar-refractivity contribution in [2.75, 3.05) is 5.32 Å². The summed E-state index contributed by atoms with van der Waals surface area (Å²) < 4.78 is 84.9. The maximum atomic E-state index is 13.6. The number of aromatic nitrogens is 3. The number of furan rings is 1. The first kappa shape index (κ1) is 21.7. The van der Waals surface area contributed by atoms with Gasteiger partial charge in [-0.2, -0.15) is 31.4 Å². The van der Waals surface area contributed by atoms with Crippen molar-refractivity contribution < 1.29 is 35.6 Å². The third kappa shape index (κ3) is 4.13. The fourth-order valence-electron chi connectivity index (χ4n) is 2.82. The van der Waals surface area contributed by atoms with Gasteiger partial charge in [0.15, 0.2) is 22.8 Å². The Morgan fingerprint density at radius 3 is 2.41 bits per heavy atom. The highest BCUT2D eigenvalue weighted by molar-refractivity contribution is 6.33. The third-order valence-corrected chi connectivity index (χ3v) is 4.60. The number of benzene rings is 1. The van der Waals surface area contributed by atoms with E-state index >= 15 is 0 Å². The summed E-state index contributed by atoms with van der Waals surface area (Å²) in [4.78, 5) is 16.5. The molecule has 0 aliphatic heterocycles. The molecule has 1 N–H and O–H groups in total. The lowest BCUT2D eigenvalue weighted by Gasteiger charge is -2.11. The first-order chi connectivity index (χ1) is 14.9. The highest BCUT2D eigenvalue weighted by Gasteiger charge is 2.36. The summed E-state index contributed by atoms with van der Waals surface area (Å²) in [5, 5.41) is 5.55. The van der Waals surface area contributed by atoms with E-state index in [1.807, 2.05) is 0 Å². The van der Waals surface area contributed by atoms with Crippen molar-refractivity contribution in [3.63, 3.8) is 0 Å². The molecule has 0 aliphatic rings. The van der Waals surface area contributed by atoms with Gasteiger partial charge < -0.3 is 9.73 Å². The number of carbonyl (C=O) groups is 1. The summed E-state index contributed by atoms with van der Waals surface area (Å²) in [7, 11) is 0. The molecule has 166 valence electrons. The molecule has 4 rings (SSSR count). The molecule has 32 heavy (non-hydrogen) atoms. The lowest BCUT2D eigenvalue weighted by Crippen LogP contribution is -2.16. The Morgan fingerprint density at radius 1 is 1.03 bits per heavy atom. The number of nitrogens with zero attached hydrogens (tertiary/aromatic N) is 3. The lowest BCUT2D eigenvalue weighted by molar-refractivity contribution is -0.142. The van der Waals surface area contributed by atoms with Crippen LogP contribution in [-0.4, -0.2) is 20.5 Å². The number of alkyl halides is 6. The normalized spacial score (nSPS) is 12.3. The Hall–Kier alpha value is -3.54. The van der Waals surface area contributed by atoms with Crippen LogP contribution < -0.4 is 5.32 Å². The van der Waals surface area contributed by atoms with Crippen molar-refractivity contribution in [3.8, 4) is 11.5 Å². The molecule has 13 heteroatoms. The third-order valence-electron chi connectivity index (χ3n) is 4.27. The minimum atomic E-state index is -4.85. The molecule has 1 amide bonds. The number of amides is 1. The van der Waals surface area contributed by atoms with Crippen LogP contribution in [-0.2, 0) is 12.4 Å². The summed E-state index contributed by atoms with van der Waals surface area (Å²) in [5.74, 6) is -1.02. The van der Waals surface area contributed by atoms with Gasteiger partial charge in [-0.3, -0.25) is 4.79 Å². The number of hydrogen-bond donors (Lipinski definition) is 1. The van der Waals surface area contributed by atoms with Gasteiger partial charge in [-0.15, -0.1) is 0 Å². The molecule has 0 unspecified atom stereocenters. The SMILES string of the molecule is O=C(Nc1cc(C(F)(F)F)ccc1Cl)c1cc2nc(-c3ccco3)cc(C(F)(F)F)n2n1. The van der Waals surface area contributed by atoms with Gasteiger partial charge in [0.25, 0.3) is 5.91 Å². The topological polar surface area (TPSA) is 72.4 Å². The van der Waals surface area contributed by atoms with E-state index < -0.39 is 35.2 Å². The second-order valence-electron chi connectivity index (χ2n) is 6.45. The second kappa shape index (κ2) is 7.55. The average molecular weight is 475 g/mol. The zero-order valence-electron chi connectivity index (χ0n) is 15.4. The lowest BCUT2D eigenvalue weighted by atomic mass is 10.2. The predicted molar refractivity (Wildman–Crippen MR) is 100 cm³/mol. The second-order valence-corrected chi connectivity index (χ2v) is 6.85. The summed E-state index contributed by atoms with van der Waals surface area (Å²) in [6, 6.07) is 6.77. The minimum Gasteiger partial charge on any atom is -0.463 e. The summed E-state index contributed by atoms with van der Waals surface area (Å²) in [6.45, 7) is 0. The average Bonchev–Trinajstić information content (AvgIpc) is 3.36. The van der Waals surface area contributed by atoms with Crippen molar-refractivity contribution in [2.45, 2.75) is 12.4 Å². The van der Waals surface area contributed by atoms with Crippen molar-refractivity contribution in [2.24, 2.45) is 0 Å². The molecule has 0 fully saturated rings. The molecular weight excluding hydrogens is 466 g/mol. The summed E-state index contributed by atoms with van der Waals surface area (Å²) >= 11 is 5.84. The molecule has 0 saturated carbocycles. The number of rotatable bonds is 3. The highest BCUT2D eigenvalue weighted by atomic mass is 35.5. The Kier molecular flexibility index (Phi) is 5.12. The van der Waals surface area contributed by atoms with Crippen LogP contribution >= 0.6 is 11.6 Å². The Morgan fingerprint density at radius 2 is 1.78 bits per heavy atom.